The number of aromatic hydroxyl groups is 1. The molecule has 118 valence electrons. The van der Waals surface area contributed by atoms with Crippen molar-refractivity contribution in [1.29, 1.82) is 0 Å². The van der Waals surface area contributed by atoms with Crippen molar-refractivity contribution in [3.8, 4) is 16.9 Å². The molecule has 3 nitrogen and oxygen atoms in total. The molecular formula is C17H12ClF2NO2. The molecule has 1 N–H and O–H groups in total. The van der Waals surface area contributed by atoms with E-state index in [0.29, 0.717) is 6.54 Å². The Balaban J connectivity index is 2.42. The fourth-order valence-electron chi connectivity index (χ4n) is 2.59. The zero-order valence-electron chi connectivity index (χ0n) is 12.1. The number of aromatic nitrogens is 1. The van der Waals surface area contributed by atoms with Gasteiger partial charge in [0.2, 0.25) is 0 Å². The minimum absolute atomic E-state index is 0.0117. The number of halogens is 3. The average Bonchev–Trinajstić information content (AvgIpc) is 2.52. The maximum absolute atomic E-state index is 15.0. The van der Waals surface area contributed by atoms with E-state index in [1.807, 2.05) is 0 Å². The summed E-state index contributed by atoms with van der Waals surface area (Å²) in [6, 6.07) is 6.22. The van der Waals surface area contributed by atoms with E-state index in [1.165, 1.54) is 35.0 Å². The van der Waals surface area contributed by atoms with Crippen molar-refractivity contribution in [2.24, 2.45) is 0 Å². The molecule has 6 heteroatoms. The predicted octanol–water partition coefficient (Wildman–Crippen LogP) is 4.33. The molecule has 0 amide bonds. The highest BCUT2D eigenvalue weighted by Gasteiger charge is 2.19. The van der Waals surface area contributed by atoms with Crippen LogP contribution in [0.15, 0.2) is 41.3 Å². The number of aryl methyl sites for hydroxylation is 1. The molecule has 0 fully saturated rings. The number of hydrogen-bond donors (Lipinski definition) is 1. The van der Waals surface area contributed by atoms with Crippen LogP contribution in [0.4, 0.5) is 8.78 Å². The number of pyridine rings is 1. The van der Waals surface area contributed by atoms with Crippen molar-refractivity contribution in [3.63, 3.8) is 0 Å². The Morgan fingerprint density at radius 2 is 1.96 bits per heavy atom. The lowest BCUT2D eigenvalue weighted by atomic mass is 10.0. The molecule has 1 aromatic heterocycles. The molecule has 0 unspecified atom stereocenters. The number of rotatable bonds is 2. The highest BCUT2D eigenvalue weighted by molar-refractivity contribution is 6.32. The molecule has 0 spiro atoms. The van der Waals surface area contributed by atoms with Crippen LogP contribution in [0.5, 0.6) is 5.75 Å². The van der Waals surface area contributed by atoms with Gasteiger partial charge < -0.3 is 9.67 Å². The van der Waals surface area contributed by atoms with Crippen molar-refractivity contribution in [3.05, 3.63) is 63.4 Å². The zero-order chi connectivity index (χ0) is 16.7. The fourth-order valence-corrected chi connectivity index (χ4v) is 2.77. The van der Waals surface area contributed by atoms with Gasteiger partial charge in [0.25, 0.3) is 0 Å². The first-order valence-corrected chi connectivity index (χ1v) is 7.32. The summed E-state index contributed by atoms with van der Waals surface area (Å²) in [5.74, 6) is -1.87. The van der Waals surface area contributed by atoms with Crippen molar-refractivity contribution < 1.29 is 13.9 Å². The Hall–Kier alpha value is -2.40. The number of benzene rings is 2. The zero-order valence-corrected chi connectivity index (χ0v) is 12.9. The third-order valence-electron chi connectivity index (χ3n) is 3.73. The number of hydrogen-bond acceptors (Lipinski definition) is 2. The Labute approximate surface area is 135 Å². The fraction of sp³-hybridized carbons (Fsp3) is 0.118. The Morgan fingerprint density at radius 3 is 2.61 bits per heavy atom. The predicted molar refractivity (Wildman–Crippen MR) is 85.9 cm³/mol. The summed E-state index contributed by atoms with van der Waals surface area (Å²) in [5, 5.41) is 9.43. The molecule has 0 radical (unpaired) electrons. The van der Waals surface area contributed by atoms with Gasteiger partial charge in [-0.05, 0) is 30.7 Å². The summed E-state index contributed by atoms with van der Waals surface area (Å²) in [6.45, 7) is 2.22. The van der Waals surface area contributed by atoms with Gasteiger partial charge in [-0.3, -0.25) is 4.79 Å². The number of phenolic OH excluding ortho intramolecular Hbond substituents is 1. The largest absolute Gasteiger partial charge is 0.506 e. The second-order valence-corrected chi connectivity index (χ2v) is 5.48. The van der Waals surface area contributed by atoms with Crippen LogP contribution in [0.2, 0.25) is 5.02 Å². The van der Waals surface area contributed by atoms with E-state index >= 15 is 0 Å². The average molecular weight is 336 g/mol. The third kappa shape index (κ3) is 2.47. The van der Waals surface area contributed by atoms with Gasteiger partial charge in [-0.25, -0.2) is 8.78 Å². The van der Waals surface area contributed by atoms with E-state index in [2.05, 4.69) is 0 Å². The number of fused-ring (bicyclic) bond motifs is 1. The molecule has 0 saturated heterocycles. The van der Waals surface area contributed by atoms with E-state index in [4.69, 9.17) is 11.6 Å². The SMILES string of the molecule is CCn1ccc(=O)c2cc(F)c(-c3ccc(O)c(Cl)c3)c(F)c21. The molecule has 0 bridgehead atoms. The molecule has 23 heavy (non-hydrogen) atoms. The Morgan fingerprint density at radius 1 is 1.22 bits per heavy atom. The Bertz CT molecular complexity index is 982. The van der Waals surface area contributed by atoms with Gasteiger partial charge in [0.1, 0.15) is 11.6 Å². The third-order valence-corrected chi connectivity index (χ3v) is 4.03. The van der Waals surface area contributed by atoms with Crippen LogP contribution in [0.1, 0.15) is 6.92 Å². The van der Waals surface area contributed by atoms with Crippen LogP contribution in [-0.4, -0.2) is 9.67 Å². The molecule has 3 rings (SSSR count). The van der Waals surface area contributed by atoms with Gasteiger partial charge in [0.05, 0.1) is 21.5 Å². The summed E-state index contributed by atoms with van der Waals surface area (Å²) in [5.41, 5.74) is -0.505. The summed E-state index contributed by atoms with van der Waals surface area (Å²) < 4.78 is 30.9. The second-order valence-electron chi connectivity index (χ2n) is 5.08. The van der Waals surface area contributed by atoms with Gasteiger partial charge in [-0.15, -0.1) is 0 Å². The Kier molecular flexibility index (Phi) is 3.82. The van der Waals surface area contributed by atoms with E-state index < -0.39 is 17.1 Å². The second kappa shape index (κ2) is 5.66. The smallest absolute Gasteiger partial charge is 0.189 e. The molecule has 3 aromatic rings. The molecule has 1 heterocycles. The number of nitrogens with zero attached hydrogens (tertiary/aromatic N) is 1. The van der Waals surface area contributed by atoms with Gasteiger partial charge in [0.15, 0.2) is 11.2 Å². The maximum atomic E-state index is 15.0. The van der Waals surface area contributed by atoms with Crippen LogP contribution in [0, 0.1) is 11.6 Å². The first kappa shape index (κ1) is 15.5. The van der Waals surface area contributed by atoms with Crippen molar-refractivity contribution >= 4 is 22.5 Å². The topological polar surface area (TPSA) is 42.2 Å². The monoisotopic (exact) mass is 335 g/mol. The molecule has 0 aliphatic carbocycles. The first-order valence-electron chi connectivity index (χ1n) is 6.94. The van der Waals surface area contributed by atoms with Gasteiger partial charge in [-0.1, -0.05) is 17.7 Å². The molecule has 0 saturated carbocycles. The summed E-state index contributed by atoms with van der Waals surface area (Å²) >= 11 is 5.82. The lowest BCUT2D eigenvalue weighted by Crippen LogP contribution is -2.10. The van der Waals surface area contributed by atoms with Crippen LogP contribution in [-0.2, 0) is 6.54 Å². The van der Waals surface area contributed by atoms with Crippen LogP contribution >= 0.6 is 11.6 Å². The van der Waals surface area contributed by atoms with E-state index in [9.17, 15) is 18.7 Å². The molecule has 0 atom stereocenters. The summed E-state index contributed by atoms with van der Waals surface area (Å²) in [7, 11) is 0. The van der Waals surface area contributed by atoms with Gasteiger partial charge in [0, 0.05) is 18.8 Å². The minimum Gasteiger partial charge on any atom is -0.506 e. The molecular weight excluding hydrogens is 324 g/mol. The molecule has 2 aromatic carbocycles. The number of phenols is 1. The quantitative estimate of drug-likeness (QED) is 0.757. The van der Waals surface area contributed by atoms with E-state index in [-0.39, 0.29) is 32.8 Å². The van der Waals surface area contributed by atoms with Gasteiger partial charge >= 0.3 is 0 Å². The highest BCUT2D eigenvalue weighted by Crippen LogP contribution is 2.34. The lowest BCUT2D eigenvalue weighted by molar-refractivity contribution is 0.475. The van der Waals surface area contributed by atoms with E-state index in [0.717, 1.165) is 6.07 Å². The van der Waals surface area contributed by atoms with Crippen molar-refractivity contribution in [2.75, 3.05) is 0 Å². The molecule has 0 aliphatic rings. The van der Waals surface area contributed by atoms with Gasteiger partial charge in [-0.2, -0.15) is 0 Å². The van der Waals surface area contributed by atoms with Crippen LogP contribution in [0.3, 0.4) is 0 Å². The van der Waals surface area contributed by atoms with Crippen LogP contribution in [0.25, 0.3) is 22.0 Å². The van der Waals surface area contributed by atoms with Crippen LogP contribution < -0.4 is 5.43 Å². The summed E-state index contributed by atoms with van der Waals surface area (Å²) in [4.78, 5) is 11.9. The minimum atomic E-state index is -0.859. The first-order chi connectivity index (χ1) is 10.9. The molecule has 0 aliphatic heterocycles. The van der Waals surface area contributed by atoms with Crippen molar-refractivity contribution in [1.82, 2.24) is 4.57 Å². The van der Waals surface area contributed by atoms with Crippen molar-refractivity contribution in [2.45, 2.75) is 13.5 Å². The maximum Gasteiger partial charge on any atom is 0.189 e. The van der Waals surface area contributed by atoms with E-state index in [1.54, 1.807) is 6.92 Å². The standard InChI is InChI=1S/C17H12ClF2NO2/c1-2-21-6-5-13(22)10-8-12(19)15(16(20)17(10)21)9-3-4-14(23)11(18)7-9/h3-8,23H,2H2,1H3. The normalized spacial score (nSPS) is 11.1. The highest BCUT2D eigenvalue weighted by atomic mass is 35.5. The summed E-state index contributed by atoms with van der Waals surface area (Å²) in [6.07, 6.45) is 1.47. The lowest BCUT2D eigenvalue weighted by Gasteiger charge is -2.13.